The van der Waals surface area contributed by atoms with Gasteiger partial charge in [-0.25, -0.2) is 4.79 Å². The Kier molecular flexibility index (Phi) is 3.32. The summed E-state index contributed by atoms with van der Waals surface area (Å²) in [4.78, 5) is 35.8. The van der Waals surface area contributed by atoms with Crippen LogP contribution < -0.4 is 5.32 Å². The van der Waals surface area contributed by atoms with E-state index in [-0.39, 0.29) is 0 Å². The monoisotopic (exact) mass is 313 g/mol. The molecule has 1 amide bonds. The smallest absolute Gasteiger partial charge is 0.408 e. The quantitative estimate of drug-likeness (QED) is 0.565. The number of methoxy groups -OCH3 is 1. The zero-order valence-corrected chi connectivity index (χ0v) is 12.8. The molecule has 2 bridgehead atoms. The molecule has 3 saturated heterocycles. The number of amides is 1. The summed E-state index contributed by atoms with van der Waals surface area (Å²) >= 11 is 0. The normalized spacial score (nSPS) is 38.6. The van der Waals surface area contributed by atoms with Gasteiger partial charge in [-0.1, -0.05) is 0 Å². The first-order valence-corrected chi connectivity index (χ1v) is 7.16. The molecule has 0 spiro atoms. The molecule has 0 radical (unpaired) electrons. The second kappa shape index (κ2) is 4.84. The molecular formula is C14H19NO7. The van der Waals surface area contributed by atoms with E-state index in [4.69, 9.17) is 18.9 Å². The van der Waals surface area contributed by atoms with E-state index in [0.717, 1.165) is 0 Å². The predicted octanol–water partition coefficient (Wildman–Crippen LogP) is -0.00850. The Bertz CT molecular complexity index is 526. The molecule has 3 heterocycles. The Morgan fingerprint density at radius 3 is 2.45 bits per heavy atom. The van der Waals surface area contributed by atoms with E-state index in [0.29, 0.717) is 0 Å². The molecule has 0 aromatic heterocycles. The number of carbonyl (C=O) groups is 3. The van der Waals surface area contributed by atoms with E-state index in [9.17, 15) is 14.4 Å². The number of rotatable bonds is 2. The van der Waals surface area contributed by atoms with Gasteiger partial charge >= 0.3 is 18.0 Å². The van der Waals surface area contributed by atoms with Gasteiger partial charge in [-0.15, -0.1) is 0 Å². The van der Waals surface area contributed by atoms with Crippen LogP contribution in [0.15, 0.2) is 0 Å². The van der Waals surface area contributed by atoms with Gasteiger partial charge in [0.15, 0.2) is 6.10 Å². The average Bonchev–Trinajstić information content (AvgIpc) is 2.98. The van der Waals surface area contributed by atoms with Crippen molar-refractivity contribution in [2.45, 2.75) is 50.7 Å². The number of esters is 2. The lowest BCUT2D eigenvalue weighted by atomic mass is 9.77. The molecule has 0 aliphatic carbocycles. The van der Waals surface area contributed by atoms with Crippen molar-refractivity contribution in [3.63, 3.8) is 0 Å². The topological polar surface area (TPSA) is 100 Å². The molecule has 8 nitrogen and oxygen atoms in total. The van der Waals surface area contributed by atoms with Gasteiger partial charge in [0.25, 0.3) is 0 Å². The van der Waals surface area contributed by atoms with Gasteiger partial charge in [-0.05, 0) is 20.8 Å². The van der Waals surface area contributed by atoms with Crippen LogP contribution in [0.3, 0.4) is 0 Å². The maximum atomic E-state index is 11.9. The van der Waals surface area contributed by atoms with Gasteiger partial charge in [0, 0.05) is 0 Å². The minimum atomic E-state index is -0.763. The van der Waals surface area contributed by atoms with Gasteiger partial charge in [-0.2, -0.15) is 0 Å². The fourth-order valence-corrected chi connectivity index (χ4v) is 3.40. The second-order valence-electron chi connectivity index (χ2n) is 6.71. The van der Waals surface area contributed by atoms with Crippen molar-refractivity contribution < 1.29 is 33.3 Å². The van der Waals surface area contributed by atoms with Crippen molar-refractivity contribution in [2.75, 3.05) is 7.11 Å². The lowest BCUT2D eigenvalue weighted by Gasteiger charge is -2.29. The highest BCUT2D eigenvalue weighted by molar-refractivity contribution is 5.87. The number of nitrogens with one attached hydrogen (secondary N) is 1. The van der Waals surface area contributed by atoms with Crippen molar-refractivity contribution in [1.82, 2.24) is 5.32 Å². The summed E-state index contributed by atoms with van der Waals surface area (Å²) in [5.74, 6) is -2.44. The van der Waals surface area contributed by atoms with E-state index in [1.165, 1.54) is 7.11 Å². The molecule has 122 valence electrons. The zero-order valence-electron chi connectivity index (χ0n) is 12.8. The van der Waals surface area contributed by atoms with Crippen LogP contribution >= 0.6 is 0 Å². The summed E-state index contributed by atoms with van der Waals surface area (Å²) in [6.45, 7) is 5.23. The minimum Gasteiger partial charge on any atom is -0.469 e. The van der Waals surface area contributed by atoms with Gasteiger partial charge in [-0.3, -0.25) is 9.59 Å². The fourth-order valence-electron chi connectivity index (χ4n) is 3.40. The molecule has 0 aromatic carbocycles. The number of hydrogen-bond acceptors (Lipinski definition) is 7. The van der Waals surface area contributed by atoms with Crippen LogP contribution in [0.2, 0.25) is 0 Å². The highest BCUT2D eigenvalue weighted by Gasteiger charge is 2.71. The van der Waals surface area contributed by atoms with Crippen LogP contribution in [0, 0.1) is 11.8 Å². The first-order valence-electron chi connectivity index (χ1n) is 7.16. The molecule has 22 heavy (non-hydrogen) atoms. The van der Waals surface area contributed by atoms with Crippen LogP contribution in [0.1, 0.15) is 20.8 Å². The summed E-state index contributed by atoms with van der Waals surface area (Å²) in [6.07, 6.45) is -2.40. The molecule has 6 atom stereocenters. The molecule has 3 fully saturated rings. The van der Waals surface area contributed by atoms with Gasteiger partial charge < -0.3 is 24.3 Å². The summed E-state index contributed by atoms with van der Waals surface area (Å²) < 4.78 is 20.9. The summed E-state index contributed by atoms with van der Waals surface area (Å²) in [6, 6.07) is -0.619. The summed E-state index contributed by atoms with van der Waals surface area (Å²) in [7, 11) is 1.25. The van der Waals surface area contributed by atoms with Gasteiger partial charge in [0.2, 0.25) is 0 Å². The van der Waals surface area contributed by atoms with Crippen LogP contribution in [-0.4, -0.2) is 55.1 Å². The number of ether oxygens (including phenoxy) is 4. The van der Waals surface area contributed by atoms with Crippen LogP contribution in [0.25, 0.3) is 0 Å². The maximum absolute atomic E-state index is 11.9. The predicted molar refractivity (Wildman–Crippen MR) is 70.7 cm³/mol. The van der Waals surface area contributed by atoms with E-state index < -0.39 is 59.8 Å². The number of fused-ring (bicyclic) bond motifs is 1. The van der Waals surface area contributed by atoms with Crippen LogP contribution in [0.4, 0.5) is 4.79 Å². The Morgan fingerprint density at radius 1 is 1.18 bits per heavy atom. The molecular weight excluding hydrogens is 294 g/mol. The standard InChI is InChI=1S/C14H19NO7/c1-14(2,3)22-13(18)15-7-8-5(11(16)19-4)6-9(20-8)10(7)21-12(6)17/h5-10H,1-4H3,(H,15,18)/t5-,6-,7-,8-,9+,10+/m1/s1. The summed E-state index contributed by atoms with van der Waals surface area (Å²) in [5, 5.41) is 2.65. The minimum absolute atomic E-state index is 0.485. The number of carbonyl (C=O) groups excluding carboxylic acids is 3. The highest BCUT2D eigenvalue weighted by Crippen LogP contribution is 2.50. The second-order valence-corrected chi connectivity index (χ2v) is 6.71. The maximum Gasteiger partial charge on any atom is 0.408 e. The fraction of sp³-hybridized carbons (Fsp3) is 0.786. The van der Waals surface area contributed by atoms with Crippen LogP contribution in [-0.2, 0) is 28.5 Å². The van der Waals surface area contributed by atoms with E-state index in [1.807, 2.05) is 0 Å². The van der Waals surface area contributed by atoms with Gasteiger partial charge in [0.1, 0.15) is 23.5 Å². The molecule has 3 aliphatic heterocycles. The van der Waals surface area contributed by atoms with E-state index >= 15 is 0 Å². The Balaban J connectivity index is 1.78. The zero-order chi connectivity index (χ0) is 16.2. The molecule has 3 aliphatic rings. The Morgan fingerprint density at radius 2 is 1.86 bits per heavy atom. The molecule has 0 unspecified atom stereocenters. The molecule has 8 heteroatoms. The lowest BCUT2D eigenvalue weighted by molar-refractivity contribution is -0.153. The SMILES string of the molecule is COC(=O)[C@H]1[C@H]2O[C@@H]3[C@@H](OC(=O)[C@@H]31)[C@@H]2NC(=O)OC(C)(C)C. The first kappa shape index (κ1) is 15.1. The van der Waals surface area contributed by atoms with Crippen molar-refractivity contribution in [3.8, 4) is 0 Å². The van der Waals surface area contributed by atoms with E-state index in [1.54, 1.807) is 20.8 Å². The largest absolute Gasteiger partial charge is 0.469 e. The van der Waals surface area contributed by atoms with Gasteiger partial charge in [0.05, 0.1) is 19.3 Å². The number of alkyl carbamates (subject to hydrolysis) is 1. The third-order valence-corrected chi connectivity index (χ3v) is 4.12. The first-order chi connectivity index (χ1) is 10.2. The highest BCUT2D eigenvalue weighted by atomic mass is 16.6. The number of hydrogen-bond donors (Lipinski definition) is 1. The Labute approximate surface area is 127 Å². The third-order valence-electron chi connectivity index (χ3n) is 4.12. The van der Waals surface area contributed by atoms with Crippen molar-refractivity contribution in [3.05, 3.63) is 0 Å². The molecule has 0 aromatic rings. The molecule has 1 N–H and O–H groups in total. The average molecular weight is 313 g/mol. The van der Waals surface area contributed by atoms with Crippen molar-refractivity contribution in [1.29, 1.82) is 0 Å². The molecule has 0 saturated carbocycles. The Hall–Kier alpha value is -1.83. The van der Waals surface area contributed by atoms with Crippen molar-refractivity contribution in [2.24, 2.45) is 11.8 Å². The lowest BCUT2D eigenvalue weighted by Crippen LogP contribution is -2.55. The van der Waals surface area contributed by atoms with Crippen LogP contribution in [0.5, 0.6) is 0 Å². The van der Waals surface area contributed by atoms with E-state index in [2.05, 4.69) is 5.32 Å². The van der Waals surface area contributed by atoms with Crippen molar-refractivity contribution >= 4 is 18.0 Å². The summed E-state index contributed by atoms with van der Waals surface area (Å²) in [5.41, 5.74) is -0.654. The molecule has 3 rings (SSSR count). The third kappa shape index (κ3) is 2.22.